The van der Waals surface area contributed by atoms with E-state index in [0.29, 0.717) is 0 Å². The summed E-state index contributed by atoms with van der Waals surface area (Å²) in [7, 11) is 0. The van der Waals surface area contributed by atoms with Crippen molar-refractivity contribution in [1.29, 1.82) is 0 Å². The molecule has 0 atom stereocenters. The van der Waals surface area contributed by atoms with Gasteiger partial charge in [0.2, 0.25) is 0 Å². The molecule has 294 valence electrons. The number of para-hydroxylation sites is 1. The van der Waals surface area contributed by atoms with Gasteiger partial charge in [0.25, 0.3) is 0 Å². The van der Waals surface area contributed by atoms with Gasteiger partial charge in [-0.25, -0.2) is 0 Å². The summed E-state index contributed by atoms with van der Waals surface area (Å²) in [4.78, 5) is 2.49. The molecule has 3 heteroatoms. The van der Waals surface area contributed by atoms with Crippen LogP contribution in [0.1, 0.15) is 0 Å². The number of thiophene rings is 1. The number of anilines is 3. The van der Waals surface area contributed by atoms with Crippen molar-refractivity contribution >= 4 is 103 Å². The van der Waals surface area contributed by atoms with Crippen molar-refractivity contribution in [3.8, 4) is 27.9 Å². The van der Waals surface area contributed by atoms with E-state index in [9.17, 15) is 0 Å². The van der Waals surface area contributed by atoms with E-state index in [-0.39, 0.29) is 0 Å². The fourth-order valence-electron chi connectivity index (χ4n) is 10.1. The van der Waals surface area contributed by atoms with Gasteiger partial charge in [0, 0.05) is 47.9 Å². The van der Waals surface area contributed by atoms with Crippen molar-refractivity contribution in [1.82, 2.24) is 4.57 Å². The molecule has 0 bridgehead atoms. The fraction of sp³-hybridized carbons (Fsp3) is 0. The van der Waals surface area contributed by atoms with E-state index in [2.05, 4.69) is 240 Å². The molecule has 63 heavy (non-hydrogen) atoms. The number of rotatable bonds is 6. The number of nitrogens with zero attached hydrogens (tertiary/aromatic N) is 2. The summed E-state index contributed by atoms with van der Waals surface area (Å²) in [6.07, 6.45) is 0. The first-order valence-corrected chi connectivity index (χ1v) is 22.4. The molecule has 0 N–H and O–H groups in total. The number of benzene rings is 11. The maximum absolute atomic E-state index is 2.50. The number of aromatic nitrogens is 1. The first-order chi connectivity index (χ1) is 31.3. The topological polar surface area (TPSA) is 8.17 Å². The molecule has 0 aliphatic heterocycles. The highest BCUT2D eigenvalue weighted by atomic mass is 32.1. The monoisotopic (exact) mass is 818 g/mol. The van der Waals surface area contributed by atoms with E-state index in [0.717, 1.165) is 28.3 Å². The molecule has 2 nitrogen and oxygen atoms in total. The minimum absolute atomic E-state index is 1.10. The van der Waals surface area contributed by atoms with Crippen molar-refractivity contribution in [3.05, 3.63) is 231 Å². The lowest BCUT2D eigenvalue weighted by Crippen LogP contribution is -2.10. The van der Waals surface area contributed by atoms with Crippen molar-refractivity contribution in [2.24, 2.45) is 0 Å². The molecular formula is C60H38N2S. The molecule has 2 aromatic heterocycles. The highest BCUT2D eigenvalue weighted by Gasteiger charge is 2.23. The quantitative estimate of drug-likeness (QED) is 0.162. The maximum Gasteiger partial charge on any atom is 0.0562 e. The van der Waals surface area contributed by atoms with Crippen LogP contribution in [0.25, 0.3) is 102 Å². The molecule has 13 rings (SSSR count). The third kappa shape index (κ3) is 5.64. The van der Waals surface area contributed by atoms with Crippen LogP contribution in [0.3, 0.4) is 0 Å². The van der Waals surface area contributed by atoms with Crippen molar-refractivity contribution in [2.75, 3.05) is 4.90 Å². The lowest BCUT2D eigenvalue weighted by Gasteiger charge is -2.27. The van der Waals surface area contributed by atoms with Crippen LogP contribution in [0.15, 0.2) is 231 Å². The smallest absolute Gasteiger partial charge is 0.0562 e. The second kappa shape index (κ2) is 14.3. The van der Waals surface area contributed by atoms with Gasteiger partial charge < -0.3 is 9.47 Å². The Morgan fingerprint density at radius 2 is 0.952 bits per heavy atom. The minimum Gasteiger partial charge on any atom is -0.310 e. The van der Waals surface area contributed by atoms with Crippen LogP contribution in [-0.2, 0) is 0 Å². The number of hydrogen-bond donors (Lipinski definition) is 0. The third-order valence-electron chi connectivity index (χ3n) is 13.0. The molecule has 0 spiro atoms. The maximum atomic E-state index is 2.50. The summed E-state index contributed by atoms with van der Waals surface area (Å²) in [5.74, 6) is 0. The lowest BCUT2D eigenvalue weighted by molar-refractivity contribution is 1.18. The number of hydrogen-bond acceptors (Lipinski definition) is 2. The van der Waals surface area contributed by atoms with Gasteiger partial charge >= 0.3 is 0 Å². The van der Waals surface area contributed by atoms with Crippen LogP contribution in [0.4, 0.5) is 17.1 Å². The Hall–Kier alpha value is -7.98. The normalized spacial score (nSPS) is 11.8. The van der Waals surface area contributed by atoms with Gasteiger partial charge in [-0.05, 0) is 97.5 Å². The Labute approximate surface area is 368 Å². The Morgan fingerprint density at radius 3 is 1.79 bits per heavy atom. The molecule has 13 aromatic rings. The van der Waals surface area contributed by atoms with E-state index >= 15 is 0 Å². The highest BCUT2D eigenvalue weighted by Crippen LogP contribution is 2.48. The minimum atomic E-state index is 1.10. The predicted octanol–water partition coefficient (Wildman–Crippen LogP) is 17.4. The van der Waals surface area contributed by atoms with Crippen LogP contribution >= 0.6 is 11.3 Å². The molecule has 0 unspecified atom stereocenters. The second-order valence-electron chi connectivity index (χ2n) is 16.4. The van der Waals surface area contributed by atoms with Gasteiger partial charge in [-0.15, -0.1) is 11.3 Å². The molecule has 2 heterocycles. The van der Waals surface area contributed by atoms with Crippen molar-refractivity contribution < 1.29 is 0 Å². The second-order valence-corrected chi connectivity index (χ2v) is 17.5. The number of fused-ring (bicyclic) bond motifs is 11. The first-order valence-electron chi connectivity index (χ1n) is 21.6. The Balaban J connectivity index is 1.10. The lowest BCUT2D eigenvalue weighted by atomic mass is 9.98. The summed E-state index contributed by atoms with van der Waals surface area (Å²) in [5, 5.41) is 12.6. The molecular weight excluding hydrogens is 781 g/mol. The Kier molecular flexibility index (Phi) is 8.12. The van der Waals surface area contributed by atoms with E-state index in [1.807, 2.05) is 11.3 Å². The molecule has 0 amide bonds. The van der Waals surface area contributed by atoms with Crippen LogP contribution in [0.5, 0.6) is 0 Å². The Morgan fingerprint density at radius 1 is 0.349 bits per heavy atom. The third-order valence-corrected chi connectivity index (χ3v) is 14.2. The van der Waals surface area contributed by atoms with Gasteiger partial charge in [-0.1, -0.05) is 182 Å². The molecule has 11 aromatic carbocycles. The average molecular weight is 819 g/mol. The zero-order valence-corrected chi connectivity index (χ0v) is 35.1. The molecule has 0 fully saturated rings. The standard InChI is InChI=1S/C60H38N2S/c1-2-14-40(15-3-1)48-21-10-11-25-53(48)62-55-37-31-41-17-5-8-22-49(41)58(55)51-36-34-45(38-56(51)62)61(44-32-28-43(29-33-44)47-24-12-19-39-16-4-7-20-46(39)47)54-26-13-27-57-59(54)52-35-30-42-18-6-9-23-50(42)60(52)63-57/h1-38H. The van der Waals surface area contributed by atoms with Crippen molar-refractivity contribution in [3.63, 3.8) is 0 Å². The van der Waals surface area contributed by atoms with E-state index < -0.39 is 0 Å². The van der Waals surface area contributed by atoms with E-state index in [4.69, 9.17) is 0 Å². The molecule has 0 saturated heterocycles. The Bertz CT molecular complexity index is 3910. The van der Waals surface area contributed by atoms with Crippen LogP contribution < -0.4 is 4.90 Å². The van der Waals surface area contributed by atoms with Gasteiger partial charge in [0.15, 0.2) is 0 Å². The summed E-state index contributed by atoms with van der Waals surface area (Å²) in [6.45, 7) is 0. The zero-order chi connectivity index (χ0) is 41.4. The van der Waals surface area contributed by atoms with Gasteiger partial charge in [0.1, 0.15) is 0 Å². The summed E-state index contributed by atoms with van der Waals surface area (Å²) in [5.41, 5.74) is 11.7. The molecule has 0 saturated carbocycles. The van der Waals surface area contributed by atoms with Crippen LogP contribution in [-0.4, -0.2) is 4.57 Å². The fourth-order valence-corrected chi connectivity index (χ4v) is 11.4. The van der Waals surface area contributed by atoms with E-state index in [1.54, 1.807) is 0 Å². The molecule has 0 radical (unpaired) electrons. The first kappa shape index (κ1) is 35.7. The van der Waals surface area contributed by atoms with Gasteiger partial charge in [-0.2, -0.15) is 0 Å². The SMILES string of the molecule is c1ccc(-c2ccccc2-n2c3cc(N(c4ccc(-c5cccc6ccccc56)cc4)c4cccc5sc6c7ccccc7ccc6c45)ccc3c3c4ccccc4ccc32)cc1. The van der Waals surface area contributed by atoms with Crippen molar-refractivity contribution in [2.45, 2.75) is 0 Å². The summed E-state index contributed by atoms with van der Waals surface area (Å²) in [6, 6.07) is 84.8. The largest absolute Gasteiger partial charge is 0.310 e. The highest BCUT2D eigenvalue weighted by molar-refractivity contribution is 7.26. The summed E-state index contributed by atoms with van der Waals surface area (Å²) < 4.78 is 5.09. The zero-order valence-electron chi connectivity index (χ0n) is 34.2. The molecule has 0 aliphatic rings. The van der Waals surface area contributed by atoms with Gasteiger partial charge in [-0.3, -0.25) is 0 Å². The van der Waals surface area contributed by atoms with Crippen LogP contribution in [0, 0.1) is 0 Å². The summed E-state index contributed by atoms with van der Waals surface area (Å²) >= 11 is 1.89. The molecule has 0 aliphatic carbocycles. The average Bonchev–Trinajstić information content (AvgIpc) is 3.91. The van der Waals surface area contributed by atoms with E-state index in [1.165, 1.54) is 91.0 Å². The van der Waals surface area contributed by atoms with Gasteiger partial charge in [0.05, 0.1) is 22.4 Å². The van der Waals surface area contributed by atoms with Crippen LogP contribution in [0.2, 0.25) is 0 Å². The predicted molar refractivity (Wildman–Crippen MR) is 272 cm³/mol.